The quantitative estimate of drug-likeness (QED) is 0.811. The van der Waals surface area contributed by atoms with Crippen LogP contribution in [0.2, 0.25) is 5.02 Å². The van der Waals surface area contributed by atoms with Crippen molar-refractivity contribution in [3.8, 4) is 0 Å². The average Bonchev–Trinajstić information content (AvgIpc) is 2.64. The summed E-state index contributed by atoms with van der Waals surface area (Å²) in [4.78, 5) is 12.0. The third kappa shape index (κ3) is 2.67. The molecule has 94 valence electrons. The first-order valence-electron chi connectivity index (χ1n) is 5.18. The van der Waals surface area contributed by atoms with Crippen molar-refractivity contribution in [3.63, 3.8) is 0 Å². The maximum atomic E-state index is 12.0. The highest BCUT2D eigenvalue weighted by molar-refractivity contribution is 14.1. The maximum Gasteiger partial charge on any atom is 0.258 e. The van der Waals surface area contributed by atoms with Crippen molar-refractivity contribution in [2.45, 2.75) is 13.8 Å². The van der Waals surface area contributed by atoms with Crippen LogP contribution in [0.4, 0.5) is 5.88 Å². The molecule has 1 N–H and O–H groups in total. The van der Waals surface area contributed by atoms with Gasteiger partial charge in [-0.15, -0.1) is 0 Å². The van der Waals surface area contributed by atoms with Crippen LogP contribution < -0.4 is 5.32 Å². The summed E-state index contributed by atoms with van der Waals surface area (Å²) in [7, 11) is 0. The molecular formula is C12H10ClIN2O2. The van der Waals surface area contributed by atoms with Gasteiger partial charge in [0.25, 0.3) is 5.91 Å². The molecule has 1 heterocycles. The van der Waals surface area contributed by atoms with Gasteiger partial charge in [-0.1, -0.05) is 16.8 Å². The molecule has 1 amide bonds. The molecule has 0 fully saturated rings. The zero-order valence-corrected chi connectivity index (χ0v) is 12.7. The van der Waals surface area contributed by atoms with Crippen molar-refractivity contribution in [2.24, 2.45) is 0 Å². The van der Waals surface area contributed by atoms with E-state index in [9.17, 15) is 4.79 Å². The van der Waals surface area contributed by atoms with Gasteiger partial charge in [0.1, 0.15) is 0 Å². The predicted molar refractivity (Wildman–Crippen MR) is 78.1 cm³/mol. The summed E-state index contributed by atoms with van der Waals surface area (Å²) in [5.74, 6) is 0.0970. The number of aromatic nitrogens is 1. The van der Waals surface area contributed by atoms with Crippen LogP contribution >= 0.6 is 34.2 Å². The van der Waals surface area contributed by atoms with E-state index < -0.39 is 0 Å². The Morgan fingerprint density at radius 2 is 2.17 bits per heavy atom. The summed E-state index contributed by atoms with van der Waals surface area (Å²) in [5.41, 5.74) is 2.06. The largest absolute Gasteiger partial charge is 0.338 e. The Balaban J connectivity index is 2.22. The first-order valence-corrected chi connectivity index (χ1v) is 6.64. The molecular weight excluding hydrogens is 367 g/mol. The molecule has 1 aromatic heterocycles. The third-order valence-corrected chi connectivity index (χ3v) is 4.14. The van der Waals surface area contributed by atoms with Gasteiger partial charge >= 0.3 is 0 Å². The van der Waals surface area contributed by atoms with Crippen LogP contribution in [0, 0.1) is 17.4 Å². The number of anilines is 1. The van der Waals surface area contributed by atoms with E-state index in [4.69, 9.17) is 16.1 Å². The van der Waals surface area contributed by atoms with Gasteiger partial charge in [-0.25, -0.2) is 0 Å². The smallest absolute Gasteiger partial charge is 0.258 e. The van der Waals surface area contributed by atoms with Crippen LogP contribution in [0.3, 0.4) is 0 Å². The summed E-state index contributed by atoms with van der Waals surface area (Å²) in [5, 5.41) is 6.99. The van der Waals surface area contributed by atoms with Crippen LogP contribution in [0.25, 0.3) is 0 Å². The topological polar surface area (TPSA) is 55.1 Å². The second kappa shape index (κ2) is 5.27. The number of hydrogen-bond donors (Lipinski definition) is 1. The lowest BCUT2D eigenvalue weighted by Crippen LogP contribution is -2.12. The van der Waals surface area contributed by atoms with Crippen LogP contribution in [0.1, 0.15) is 21.6 Å². The lowest BCUT2D eigenvalue weighted by Gasteiger charge is -2.03. The summed E-state index contributed by atoms with van der Waals surface area (Å²) in [6.07, 6.45) is 0. The fourth-order valence-corrected chi connectivity index (χ4v) is 1.86. The number of nitrogens with zero attached hydrogens (tertiary/aromatic N) is 1. The molecule has 1 aromatic carbocycles. The van der Waals surface area contributed by atoms with E-state index in [0.29, 0.717) is 16.5 Å². The minimum Gasteiger partial charge on any atom is -0.338 e. The molecule has 2 aromatic rings. The Morgan fingerprint density at radius 1 is 1.44 bits per heavy atom. The normalized spacial score (nSPS) is 10.4. The minimum atomic E-state index is -0.271. The molecule has 0 unspecified atom stereocenters. The number of halogens is 2. The van der Waals surface area contributed by atoms with Gasteiger partial charge in [0.15, 0.2) is 0 Å². The second-order valence-corrected chi connectivity index (χ2v) is 5.37. The van der Waals surface area contributed by atoms with Crippen molar-refractivity contribution in [3.05, 3.63) is 43.6 Å². The molecule has 18 heavy (non-hydrogen) atoms. The highest BCUT2D eigenvalue weighted by Crippen LogP contribution is 2.22. The Labute approximate surface area is 123 Å². The first kappa shape index (κ1) is 13.4. The summed E-state index contributed by atoms with van der Waals surface area (Å²) >= 11 is 8.08. The molecule has 0 atom stereocenters. The van der Waals surface area contributed by atoms with E-state index in [1.54, 1.807) is 18.2 Å². The Bertz CT molecular complexity index is 610. The van der Waals surface area contributed by atoms with Crippen LogP contribution in [0.15, 0.2) is 22.7 Å². The van der Waals surface area contributed by atoms with Crippen molar-refractivity contribution in [2.75, 3.05) is 5.32 Å². The van der Waals surface area contributed by atoms with E-state index in [1.807, 2.05) is 13.8 Å². The Kier molecular flexibility index (Phi) is 3.91. The molecule has 2 rings (SSSR count). The van der Waals surface area contributed by atoms with Gasteiger partial charge in [0.05, 0.1) is 10.7 Å². The molecule has 0 radical (unpaired) electrons. The fraction of sp³-hybridized carbons (Fsp3) is 0.167. The SMILES string of the molecule is Cc1noc(NC(=O)c2ccc(I)c(Cl)c2)c1C. The van der Waals surface area contributed by atoms with Crippen molar-refractivity contribution in [1.29, 1.82) is 0 Å². The highest BCUT2D eigenvalue weighted by Gasteiger charge is 2.13. The molecule has 0 aliphatic heterocycles. The lowest BCUT2D eigenvalue weighted by molar-refractivity contribution is 0.102. The van der Waals surface area contributed by atoms with E-state index in [0.717, 1.165) is 14.8 Å². The molecule has 0 aliphatic rings. The average molecular weight is 377 g/mol. The summed E-state index contributed by atoms with van der Waals surface area (Å²) in [6, 6.07) is 5.12. The minimum absolute atomic E-state index is 0.271. The molecule has 0 spiro atoms. The van der Waals surface area contributed by atoms with Gasteiger partial charge in [-0.05, 0) is 54.6 Å². The van der Waals surface area contributed by atoms with Crippen LogP contribution in [-0.2, 0) is 0 Å². The van der Waals surface area contributed by atoms with Gasteiger partial charge in [0.2, 0.25) is 5.88 Å². The summed E-state index contributed by atoms with van der Waals surface area (Å²) in [6.45, 7) is 3.65. The Morgan fingerprint density at radius 3 is 2.72 bits per heavy atom. The van der Waals surface area contributed by atoms with E-state index in [-0.39, 0.29) is 5.91 Å². The van der Waals surface area contributed by atoms with E-state index >= 15 is 0 Å². The van der Waals surface area contributed by atoms with Crippen molar-refractivity contribution >= 4 is 46.0 Å². The Hall–Kier alpha value is -1.08. The number of carbonyl (C=O) groups is 1. The molecule has 0 saturated heterocycles. The standard InChI is InChI=1S/C12H10ClIN2O2/c1-6-7(2)16-18-12(6)15-11(17)8-3-4-10(14)9(13)5-8/h3-5H,1-2H3,(H,15,17). The number of benzene rings is 1. The number of carbonyl (C=O) groups excluding carboxylic acids is 1. The number of aryl methyl sites for hydroxylation is 1. The number of hydrogen-bond acceptors (Lipinski definition) is 3. The zero-order chi connectivity index (χ0) is 13.3. The van der Waals surface area contributed by atoms with Gasteiger partial charge in [0, 0.05) is 14.7 Å². The van der Waals surface area contributed by atoms with Gasteiger partial charge in [-0.3, -0.25) is 10.1 Å². The van der Waals surface area contributed by atoms with E-state index in [2.05, 4.69) is 33.1 Å². The molecule has 0 bridgehead atoms. The molecule has 4 nitrogen and oxygen atoms in total. The summed E-state index contributed by atoms with van der Waals surface area (Å²) < 4.78 is 5.93. The monoisotopic (exact) mass is 376 g/mol. The van der Waals surface area contributed by atoms with Crippen molar-refractivity contribution < 1.29 is 9.32 Å². The predicted octanol–water partition coefficient (Wildman–Crippen LogP) is 3.80. The molecule has 0 saturated carbocycles. The van der Waals surface area contributed by atoms with Gasteiger partial charge < -0.3 is 4.52 Å². The van der Waals surface area contributed by atoms with E-state index in [1.165, 1.54) is 0 Å². The zero-order valence-electron chi connectivity index (χ0n) is 9.75. The lowest BCUT2D eigenvalue weighted by atomic mass is 10.2. The maximum absolute atomic E-state index is 12.0. The molecule has 0 aliphatic carbocycles. The third-order valence-electron chi connectivity index (χ3n) is 2.57. The second-order valence-electron chi connectivity index (χ2n) is 3.81. The number of amides is 1. The molecule has 6 heteroatoms. The highest BCUT2D eigenvalue weighted by atomic mass is 127. The number of rotatable bonds is 2. The first-order chi connectivity index (χ1) is 8.49. The van der Waals surface area contributed by atoms with Crippen LogP contribution in [-0.4, -0.2) is 11.1 Å². The number of nitrogens with one attached hydrogen (secondary N) is 1. The fourth-order valence-electron chi connectivity index (χ4n) is 1.34. The van der Waals surface area contributed by atoms with Gasteiger partial charge in [-0.2, -0.15) is 0 Å². The van der Waals surface area contributed by atoms with Crippen LogP contribution in [0.5, 0.6) is 0 Å². The van der Waals surface area contributed by atoms with Crippen molar-refractivity contribution in [1.82, 2.24) is 5.16 Å².